The minimum Gasteiger partial charge on any atom is -0.324 e. The molecular weight excluding hydrogens is 342 g/mol. The van der Waals surface area contributed by atoms with Gasteiger partial charge in [-0.2, -0.15) is 13.9 Å². The van der Waals surface area contributed by atoms with E-state index in [0.29, 0.717) is 17.2 Å². The number of aromatic nitrogens is 3. The van der Waals surface area contributed by atoms with Gasteiger partial charge in [-0.05, 0) is 24.3 Å². The fraction of sp³-hybridized carbons (Fsp3) is 0.250. The van der Waals surface area contributed by atoms with Crippen LogP contribution in [0.5, 0.6) is 0 Å². The number of alkyl halides is 4. The maximum Gasteiger partial charge on any atom is 0.383 e. The average molecular weight is 354 g/mol. The summed E-state index contributed by atoms with van der Waals surface area (Å²) >= 11 is 0. The van der Waals surface area contributed by atoms with Crippen LogP contribution in [-0.4, -0.2) is 33.4 Å². The van der Waals surface area contributed by atoms with Crippen LogP contribution < -0.4 is 11.1 Å². The minimum atomic E-state index is -4.75. The molecule has 0 fully saturated rings. The number of hydrogen-bond donors (Lipinski definition) is 3. The van der Waals surface area contributed by atoms with Gasteiger partial charge in [0.15, 0.2) is 5.82 Å². The van der Waals surface area contributed by atoms with Crippen molar-refractivity contribution < 1.29 is 22.4 Å². The van der Waals surface area contributed by atoms with Crippen molar-refractivity contribution in [1.82, 2.24) is 15.2 Å². The molecule has 1 aromatic heterocycles. The van der Waals surface area contributed by atoms with Crippen LogP contribution in [-0.2, 0) is 11.3 Å². The van der Waals surface area contributed by atoms with E-state index in [0.717, 1.165) is 0 Å². The molecular formula is C12H12ClF4N5O. The Hall–Kier alpha value is -2.20. The Bertz CT molecular complexity index is 662. The molecule has 4 N–H and O–H groups in total. The molecule has 0 saturated carbocycles. The van der Waals surface area contributed by atoms with Crippen molar-refractivity contribution in [1.29, 1.82) is 0 Å². The van der Waals surface area contributed by atoms with Gasteiger partial charge in [-0.3, -0.25) is 9.89 Å². The molecule has 11 heteroatoms. The first-order chi connectivity index (χ1) is 10.3. The maximum absolute atomic E-state index is 12.8. The van der Waals surface area contributed by atoms with Crippen LogP contribution in [0, 0.1) is 0 Å². The monoisotopic (exact) mass is 353 g/mol. The second kappa shape index (κ2) is 7.38. The average Bonchev–Trinajstić information content (AvgIpc) is 2.96. The van der Waals surface area contributed by atoms with Crippen LogP contribution in [0.2, 0.25) is 0 Å². The van der Waals surface area contributed by atoms with Crippen LogP contribution in [0.25, 0.3) is 11.4 Å². The van der Waals surface area contributed by atoms with Gasteiger partial charge in [0.2, 0.25) is 0 Å². The van der Waals surface area contributed by atoms with Gasteiger partial charge >= 0.3 is 18.3 Å². The number of carbonyl (C=O) groups is 1. The van der Waals surface area contributed by atoms with E-state index in [-0.39, 0.29) is 24.6 Å². The molecule has 0 radical (unpaired) electrons. The molecule has 0 bridgehead atoms. The summed E-state index contributed by atoms with van der Waals surface area (Å²) < 4.78 is 49.7. The van der Waals surface area contributed by atoms with Gasteiger partial charge in [0.1, 0.15) is 5.82 Å². The summed E-state index contributed by atoms with van der Waals surface area (Å²) in [5.74, 6) is -6.03. The van der Waals surface area contributed by atoms with Gasteiger partial charge in [-0.15, -0.1) is 12.4 Å². The lowest BCUT2D eigenvalue weighted by molar-refractivity contribution is -0.163. The van der Waals surface area contributed by atoms with Crippen molar-refractivity contribution in [3.63, 3.8) is 0 Å². The van der Waals surface area contributed by atoms with E-state index >= 15 is 0 Å². The smallest absolute Gasteiger partial charge is 0.324 e. The fourth-order valence-electron chi connectivity index (χ4n) is 1.53. The zero-order valence-electron chi connectivity index (χ0n) is 11.4. The Kier molecular flexibility index (Phi) is 6.05. The van der Waals surface area contributed by atoms with E-state index in [1.165, 1.54) is 24.3 Å². The van der Waals surface area contributed by atoms with E-state index in [4.69, 9.17) is 5.73 Å². The molecule has 2 aromatic rings. The third-order valence-corrected chi connectivity index (χ3v) is 2.70. The van der Waals surface area contributed by atoms with Crippen molar-refractivity contribution in [3.8, 4) is 11.4 Å². The van der Waals surface area contributed by atoms with E-state index < -0.39 is 18.3 Å². The van der Waals surface area contributed by atoms with Crippen LogP contribution in [0.1, 0.15) is 5.82 Å². The summed E-state index contributed by atoms with van der Waals surface area (Å²) in [6.45, 7) is 0.170. The molecule has 1 heterocycles. The van der Waals surface area contributed by atoms with Gasteiger partial charge in [-0.1, -0.05) is 0 Å². The topological polar surface area (TPSA) is 96.7 Å². The summed E-state index contributed by atoms with van der Waals surface area (Å²) in [6, 6.07) is 5.43. The zero-order valence-corrected chi connectivity index (χ0v) is 12.2. The van der Waals surface area contributed by atoms with Gasteiger partial charge in [0.05, 0.1) is 6.54 Å². The third-order valence-electron chi connectivity index (χ3n) is 2.70. The minimum absolute atomic E-state index is 0. The lowest BCUT2D eigenvalue weighted by Gasteiger charge is -2.14. The van der Waals surface area contributed by atoms with Gasteiger partial charge in [0, 0.05) is 11.3 Å². The molecule has 1 amide bonds. The number of nitrogens with two attached hydrogens (primary N) is 1. The molecule has 126 valence electrons. The highest BCUT2D eigenvalue weighted by Crippen LogP contribution is 2.25. The number of nitrogens with zero attached hydrogens (tertiary/aromatic N) is 2. The molecule has 0 saturated heterocycles. The number of benzene rings is 1. The lowest BCUT2D eigenvalue weighted by Crippen LogP contribution is -2.40. The highest BCUT2D eigenvalue weighted by atomic mass is 35.5. The van der Waals surface area contributed by atoms with Crippen LogP contribution >= 0.6 is 12.4 Å². The molecule has 2 rings (SSSR count). The highest BCUT2D eigenvalue weighted by molar-refractivity contribution is 5.96. The maximum atomic E-state index is 12.8. The highest BCUT2D eigenvalue weighted by Gasteiger charge is 2.48. The molecule has 0 aliphatic heterocycles. The molecule has 0 unspecified atom stereocenters. The zero-order chi connectivity index (χ0) is 16.3. The Labute approximate surface area is 133 Å². The van der Waals surface area contributed by atoms with Crippen LogP contribution in [0.4, 0.5) is 23.2 Å². The molecule has 0 spiro atoms. The third kappa shape index (κ3) is 4.17. The number of amides is 1. The number of nitrogens with one attached hydrogen (secondary N) is 2. The quantitative estimate of drug-likeness (QED) is 0.718. The molecule has 6 nitrogen and oxygen atoms in total. The number of hydrogen-bond acceptors (Lipinski definition) is 4. The number of aromatic amines is 1. The van der Waals surface area contributed by atoms with E-state index in [2.05, 4.69) is 15.2 Å². The van der Waals surface area contributed by atoms with E-state index in [9.17, 15) is 22.4 Å². The number of H-pyrrole nitrogens is 1. The van der Waals surface area contributed by atoms with E-state index in [1.54, 1.807) is 5.32 Å². The van der Waals surface area contributed by atoms with Crippen molar-refractivity contribution in [3.05, 3.63) is 30.1 Å². The Balaban J connectivity index is 0.00000264. The molecule has 0 atom stereocenters. The Morgan fingerprint density at radius 1 is 1.30 bits per heavy atom. The summed E-state index contributed by atoms with van der Waals surface area (Å²) in [5, 5.41) is 8.20. The van der Waals surface area contributed by atoms with E-state index in [1.807, 2.05) is 0 Å². The van der Waals surface area contributed by atoms with Crippen molar-refractivity contribution >= 4 is 24.0 Å². The largest absolute Gasteiger partial charge is 0.383 e. The van der Waals surface area contributed by atoms with Gasteiger partial charge in [0.25, 0.3) is 0 Å². The van der Waals surface area contributed by atoms with Crippen molar-refractivity contribution in [2.75, 3.05) is 5.32 Å². The number of halogens is 5. The van der Waals surface area contributed by atoms with Crippen LogP contribution in [0.3, 0.4) is 0 Å². The number of carbonyl (C=O) groups excluding carboxylic acids is 1. The summed E-state index contributed by atoms with van der Waals surface area (Å²) in [6.07, 6.45) is -4.07. The van der Waals surface area contributed by atoms with Gasteiger partial charge < -0.3 is 11.1 Å². The number of anilines is 1. The predicted octanol–water partition coefficient (Wildman–Crippen LogP) is 2.19. The first-order valence-corrected chi connectivity index (χ1v) is 6.03. The first-order valence-electron chi connectivity index (χ1n) is 6.03. The Morgan fingerprint density at radius 3 is 2.39 bits per heavy atom. The van der Waals surface area contributed by atoms with Gasteiger partial charge in [-0.25, -0.2) is 13.8 Å². The summed E-state index contributed by atoms with van der Waals surface area (Å²) in [4.78, 5) is 15.1. The van der Waals surface area contributed by atoms with Crippen molar-refractivity contribution in [2.45, 2.75) is 18.9 Å². The second-order valence-electron chi connectivity index (χ2n) is 4.26. The predicted molar refractivity (Wildman–Crippen MR) is 76.5 cm³/mol. The second-order valence-corrected chi connectivity index (χ2v) is 4.26. The molecule has 1 aromatic carbocycles. The first kappa shape index (κ1) is 18.8. The normalized spacial score (nSPS) is 11.2. The molecule has 0 aliphatic carbocycles. The number of rotatable bonds is 5. The SMILES string of the molecule is Cl.NCc1nc(-c2ccc(NC(=O)C(F)(F)C(F)F)cc2)n[nH]1. The van der Waals surface area contributed by atoms with Crippen LogP contribution in [0.15, 0.2) is 24.3 Å². The summed E-state index contributed by atoms with van der Waals surface area (Å²) in [7, 11) is 0. The van der Waals surface area contributed by atoms with Crippen molar-refractivity contribution in [2.24, 2.45) is 5.73 Å². The molecule has 23 heavy (non-hydrogen) atoms. The lowest BCUT2D eigenvalue weighted by atomic mass is 10.2. The Morgan fingerprint density at radius 2 is 1.91 bits per heavy atom. The fourth-order valence-corrected chi connectivity index (χ4v) is 1.53. The molecule has 0 aliphatic rings. The standard InChI is InChI=1S/C12H11F4N5O.ClH/c13-10(14)12(15,16)11(22)18-7-3-1-6(2-4-7)9-19-8(5-17)20-21-9;/h1-4,10H,5,17H2,(H,18,22)(H,19,20,21);1H. The summed E-state index contributed by atoms with van der Waals surface area (Å²) in [5.41, 5.74) is 5.86.